The molecule has 0 aromatic heterocycles. The topological polar surface area (TPSA) is 37.6 Å². The Labute approximate surface area is 54.3 Å². The summed E-state index contributed by atoms with van der Waals surface area (Å²) in [5.41, 5.74) is 0. The number of likely N-dealkylation sites (N-methyl/N-ethyl adjacent to an activating group) is 1. The van der Waals surface area contributed by atoms with Crippen molar-refractivity contribution in [3.63, 3.8) is 0 Å². The van der Waals surface area contributed by atoms with Crippen LogP contribution in [0.2, 0.25) is 0 Å². The van der Waals surface area contributed by atoms with Crippen molar-refractivity contribution in [1.29, 1.82) is 0 Å². The molecular formula is C6H10N2O+. The van der Waals surface area contributed by atoms with Crippen molar-refractivity contribution in [2.45, 2.75) is 13.0 Å². The predicted molar refractivity (Wildman–Crippen MR) is 35.7 cm³/mol. The summed E-state index contributed by atoms with van der Waals surface area (Å²) >= 11 is 0. The minimum Gasteiger partial charge on any atom is -0.381 e. The van der Waals surface area contributed by atoms with E-state index in [1.807, 2.05) is 13.2 Å². The second-order valence-corrected chi connectivity index (χ2v) is 2.07. The summed E-state index contributed by atoms with van der Waals surface area (Å²) in [5, 5.41) is 9.01. The van der Waals surface area contributed by atoms with Crippen LogP contribution in [-0.4, -0.2) is 29.0 Å². The van der Waals surface area contributed by atoms with E-state index >= 15 is 0 Å². The van der Waals surface area contributed by atoms with Gasteiger partial charge in [-0.3, -0.25) is 0 Å². The van der Waals surface area contributed by atoms with Crippen LogP contribution in [0.1, 0.15) is 6.92 Å². The van der Waals surface area contributed by atoms with Crippen LogP contribution in [0.15, 0.2) is 12.4 Å². The second kappa shape index (κ2) is 2.19. The smallest absolute Gasteiger partial charge is 0.326 e. The van der Waals surface area contributed by atoms with Crippen LogP contribution in [-0.2, 0) is 0 Å². The summed E-state index contributed by atoms with van der Waals surface area (Å²) in [7, 11) is 1.86. The van der Waals surface area contributed by atoms with Crippen LogP contribution in [0.25, 0.3) is 0 Å². The Balaban J connectivity index is 2.64. The maximum Gasteiger partial charge on any atom is 0.326 e. The molecule has 3 heteroatoms. The number of amidine groups is 1. The van der Waals surface area contributed by atoms with E-state index in [0.717, 1.165) is 0 Å². The van der Waals surface area contributed by atoms with Gasteiger partial charge in [0, 0.05) is 0 Å². The number of rotatable bonds is 1. The van der Waals surface area contributed by atoms with Crippen molar-refractivity contribution < 1.29 is 5.11 Å². The molecule has 49 valence electrons. The molecule has 1 atom stereocenters. The molecule has 3 nitrogen and oxygen atoms in total. The lowest BCUT2D eigenvalue weighted by Crippen LogP contribution is -2.30. The second-order valence-electron chi connectivity index (χ2n) is 2.07. The maximum absolute atomic E-state index is 9.01. The first kappa shape index (κ1) is 6.29. The summed E-state index contributed by atoms with van der Waals surface area (Å²) in [5.74, 6) is 0.704. The van der Waals surface area contributed by atoms with Crippen LogP contribution >= 0.6 is 0 Å². The van der Waals surface area contributed by atoms with Crippen molar-refractivity contribution in [2.24, 2.45) is 0 Å². The van der Waals surface area contributed by atoms with Crippen molar-refractivity contribution >= 4 is 5.84 Å². The molecule has 1 rings (SSSR count). The van der Waals surface area contributed by atoms with Gasteiger partial charge in [-0.05, 0) is 11.9 Å². The maximum atomic E-state index is 9.01. The fourth-order valence-electron chi connectivity index (χ4n) is 0.780. The lowest BCUT2D eigenvalue weighted by molar-refractivity contribution is 0.250. The summed E-state index contributed by atoms with van der Waals surface area (Å²) < 4.78 is 0. The first-order chi connectivity index (χ1) is 4.22. The van der Waals surface area contributed by atoms with Crippen LogP contribution in [0.3, 0.4) is 0 Å². The molecule has 0 aliphatic carbocycles. The molecule has 0 spiro atoms. The lowest BCUT2D eigenvalue weighted by atomic mass is 10.3. The highest BCUT2D eigenvalue weighted by Gasteiger charge is 2.23. The average molecular weight is 126 g/mol. The average Bonchev–Trinajstić information content (AvgIpc) is 2.13. The molecule has 9 heavy (non-hydrogen) atoms. The van der Waals surface area contributed by atoms with E-state index in [4.69, 9.17) is 5.11 Å². The number of hydrogen-bond donors (Lipinski definition) is 1. The number of nitrogens with zero attached hydrogens (tertiary/aromatic N) is 2. The van der Waals surface area contributed by atoms with E-state index in [-0.39, 0.29) is 0 Å². The monoisotopic (exact) mass is 126 g/mol. The summed E-state index contributed by atoms with van der Waals surface area (Å²) in [6, 6.07) is 0. The highest BCUT2D eigenvalue weighted by Crippen LogP contribution is 1.96. The van der Waals surface area contributed by atoms with Gasteiger partial charge in [-0.1, -0.05) is 0 Å². The Hall–Kier alpha value is -0.830. The fraction of sp³-hybridized carbons (Fsp3) is 0.500. The zero-order chi connectivity index (χ0) is 6.85. The molecule has 0 saturated heterocycles. The molecule has 1 N–H and O–H groups in total. The van der Waals surface area contributed by atoms with Gasteiger partial charge >= 0.3 is 5.84 Å². The molecule has 1 heterocycles. The molecule has 0 fully saturated rings. The highest BCUT2D eigenvalue weighted by atomic mass is 16.3. The van der Waals surface area contributed by atoms with Crippen LogP contribution in [0.5, 0.6) is 0 Å². The molecular weight excluding hydrogens is 116 g/mol. The standard InChI is InChI=1S/C6H10N2O/c1-5(9)6-7-3-4-8(6)2/h3-5,9H,1-2H3/q+1. The van der Waals surface area contributed by atoms with Gasteiger partial charge in [-0.2, -0.15) is 0 Å². The van der Waals surface area contributed by atoms with E-state index in [1.54, 1.807) is 18.0 Å². The Bertz CT molecular complexity index is 160. The predicted octanol–water partition coefficient (Wildman–Crippen LogP) is -0.482. The first-order valence-electron chi connectivity index (χ1n) is 2.87. The van der Waals surface area contributed by atoms with Crippen LogP contribution < -0.4 is 4.99 Å². The van der Waals surface area contributed by atoms with Gasteiger partial charge in [0.2, 0.25) is 0 Å². The summed E-state index contributed by atoms with van der Waals surface area (Å²) in [6.45, 7) is 1.70. The molecule has 1 unspecified atom stereocenters. The van der Waals surface area contributed by atoms with E-state index in [1.165, 1.54) is 0 Å². The molecule has 0 bridgehead atoms. The van der Waals surface area contributed by atoms with E-state index in [0.29, 0.717) is 5.84 Å². The van der Waals surface area contributed by atoms with Gasteiger partial charge in [0.25, 0.3) is 0 Å². The Kier molecular flexibility index (Phi) is 1.53. The molecule has 0 aromatic carbocycles. The molecule has 0 aromatic rings. The first-order valence-corrected chi connectivity index (χ1v) is 2.87. The van der Waals surface area contributed by atoms with E-state index in [9.17, 15) is 0 Å². The third-order valence-corrected chi connectivity index (χ3v) is 1.23. The minimum absolute atomic E-state index is 0.468. The van der Waals surface area contributed by atoms with Crippen LogP contribution in [0, 0.1) is 0 Å². The summed E-state index contributed by atoms with van der Waals surface area (Å²) in [4.78, 5) is 5.72. The Morgan fingerprint density at radius 1 is 1.78 bits per heavy atom. The quantitative estimate of drug-likeness (QED) is 0.515. The Morgan fingerprint density at radius 2 is 2.44 bits per heavy atom. The van der Waals surface area contributed by atoms with Crippen molar-refractivity contribution in [3.8, 4) is 0 Å². The molecule has 1 aliphatic rings. The Morgan fingerprint density at radius 3 is 2.67 bits per heavy atom. The largest absolute Gasteiger partial charge is 0.381 e. The van der Waals surface area contributed by atoms with Gasteiger partial charge in [0.15, 0.2) is 12.3 Å². The van der Waals surface area contributed by atoms with Gasteiger partial charge in [-0.25, -0.2) is 4.90 Å². The van der Waals surface area contributed by atoms with Crippen molar-refractivity contribution in [3.05, 3.63) is 12.4 Å². The van der Waals surface area contributed by atoms with E-state index in [2.05, 4.69) is 4.99 Å². The highest BCUT2D eigenvalue weighted by molar-refractivity contribution is 5.87. The lowest BCUT2D eigenvalue weighted by Gasteiger charge is -2.02. The van der Waals surface area contributed by atoms with Crippen molar-refractivity contribution in [1.82, 2.24) is 9.89 Å². The van der Waals surface area contributed by atoms with E-state index < -0.39 is 6.10 Å². The number of hydrogen-bond acceptors (Lipinski definition) is 3. The van der Waals surface area contributed by atoms with Gasteiger partial charge in [-0.15, -0.1) is 0 Å². The third-order valence-electron chi connectivity index (χ3n) is 1.23. The third kappa shape index (κ3) is 1.10. The zero-order valence-electron chi connectivity index (χ0n) is 5.57. The zero-order valence-corrected chi connectivity index (χ0v) is 5.57. The molecule has 0 amide bonds. The molecule has 1 radical (unpaired) electrons. The van der Waals surface area contributed by atoms with Gasteiger partial charge < -0.3 is 5.11 Å². The number of aliphatic hydroxyl groups is 1. The normalized spacial score (nSPS) is 20.3. The number of aliphatic hydroxyl groups excluding tert-OH is 1. The number of aliphatic imine (C=N–C) groups is 1. The summed E-state index contributed by atoms with van der Waals surface area (Å²) in [6.07, 6.45) is 3.01. The minimum atomic E-state index is -0.468. The molecule has 0 saturated carbocycles. The fourth-order valence-corrected chi connectivity index (χ4v) is 0.780. The molecule has 1 aliphatic heterocycles. The van der Waals surface area contributed by atoms with Gasteiger partial charge in [0.1, 0.15) is 6.20 Å². The van der Waals surface area contributed by atoms with Crippen LogP contribution in [0.4, 0.5) is 0 Å². The van der Waals surface area contributed by atoms with Crippen molar-refractivity contribution in [2.75, 3.05) is 7.05 Å². The van der Waals surface area contributed by atoms with Gasteiger partial charge in [0.05, 0.1) is 7.05 Å². The SMILES string of the molecule is CC(O)C1=[N+]C=CN1C.